The van der Waals surface area contributed by atoms with Crippen LogP contribution in [0.25, 0.3) is 0 Å². The van der Waals surface area contributed by atoms with Gasteiger partial charge in [-0.1, -0.05) is 12.1 Å². The van der Waals surface area contributed by atoms with Crippen molar-refractivity contribution in [3.05, 3.63) is 29.6 Å². The minimum atomic E-state index is -0.311. The number of nitrogens with two attached hydrogens (primary N) is 1. The van der Waals surface area contributed by atoms with Gasteiger partial charge in [-0.05, 0) is 24.8 Å². The van der Waals surface area contributed by atoms with Crippen molar-refractivity contribution in [1.29, 1.82) is 0 Å². The summed E-state index contributed by atoms with van der Waals surface area (Å²) in [4.78, 5) is 0. The van der Waals surface area contributed by atoms with Crippen molar-refractivity contribution in [2.45, 2.75) is 18.9 Å². The third-order valence-electron chi connectivity index (χ3n) is 2.70. The first-order valence-corrected chi connectivity index (χ1v) is 4.82. The van der Waals surface area contributed by atoms with Crippen LogP contribution in [-0.4, -0.2) is 7.11 Å². The lowest BCUT2D eigenvalue weighted by Crippen LogP contribution is -2.14. The molecule has 1 atom stereocenters. The number of ether oxygens (including phenoxy) is 1. The first-order valence-electron chi connectivity index (χ1n) is 4.82. The molecule has 0 heterocycles. The molecule has 0 amide bonds. The van der Waals surface area contributed by atoms with E-state index in [0.29, 0.717) is 11.5 Å². The van der Waals surface area contributed by atoms with Crippen molar-refractivity contribution in [3.8, 4) is 5.75 Å². The Balaban J connectivity index is 0.00000112. The van der Waals surface area contributed by atoms with Crippen molar-refractivity contribution < 1.29 is 9.13 Å². The topological polar surface area (TPSA) is 35.2 Å². The molecule has 84 valence electrons. The normalized spacial score (nSPS) is 16.7. The Morgan fingerprint density at radius 2 is 2.13 bits per heavy atom. The van der Waals surface area contributed by atoms with Crippen LogP contribution in [0, 0.1) is 11.7 Å². The number of hydrogen-bond acceptors (Lipinski definition) is 2. The molecule has 1 aromatic carbocycles. The average molecular weight is 232 g/mol. The predicted molar refractivity (Wildman–Crippen MR) is 59.9 cm³/mol. The summed E-state index contributed by atoms with van der Waals surface area (Å²) in [6, 6.07) is 4.95. The number of hydrogen-bond donors (Lipinski definition) is 1. The fourth-order valence-corrected chi connectivity index (χ4v) is 1.65. The number of halogens is 2. The Morgan fingerprint density at radius 1 is 1.47 bits per heavy atom. The zero-order valence-electron chi connectivity index (χ0n) is 8.57. The molecule has 0 radical (unpaired) electrons. The van der Waals surface area contributed by atoms with E-state index in [9.17, 15) is 4.39 Å². The van der Waals surface area contributed by atoms with Crippen LogP contribution in [0.2, 0.25) is 0 Å². The maximum absolute atomic E-state index is 13.7. The van der Waals surface area contributed by atoms with Crippen LogP contribution in [0.4, 0.5) is 4.39 Å². The molecule has 0 aromatic heterocycles. The maximum atomic E-state index is 13.7. The molecule has 2 rings (SSSR count). The lowest BCUT2D eigenvalue weighted by molar-refractivity contribution is 0.381. The minimum Gasteiger partial charge on any atom is -0.494 e. The highest BCUT2D eigenvalue weighted by Crippen LogP contribution is 2.41. The maximum Gasteiger partial charge on any atom is 0.169 e. The molecule has 1 saturated carbocycles. The summed E-state index contributed by atoms with van der Waals surface area (Å²) in [5.74, 6) is 0.421. The van der Waals surface area contributed by atoms with Gasteiger partial charge in [-0.2, -0.15) is 0 Å². The molecule has 0 aliphatic heterocycles. The fourth-order valence-electron chi connectivity index (χ4n) is 1.65. The van der Waals surface area contributed by atoms with Gasteiger partial charge in [0.15, 0.2) is 11.6 Å². The van der Waals surface area contributed by atoms with Gasteiger partial charge in [-0.15, -0.1) is 12.4 Å². The molecule has 0 saturated heterocycles. The predicted octanol–water partition coefficient (Wildman–Crippen LogP) is 2.67. The van der Waals surface area contributed by atoms with Crippen LogP contribution in [0.3, 0.4) is 0 Å². The molecule has 2 N–H and O–H groups in total. The van der Waals surface area contributed by atoms with Crippen LogP contribution in [0.5, 0.6) is 5.75 Å². The van der Waals surface area contributed by atoms with Gasteiger partial charge >= 0.3 is 0 Å². The van der Waals surface area contributed by atoms with Crippen LogP contribution < -0.4 is 10.5 Å². The lowest BCUT2D eigenvalue weighted by atomic mass is 10.0. The van der Waals surface area contributed by atoms with E-state index in [4.69, 9.17) is 10.5 Å². The summed E-state index contributed by atoms with van der Waals surface area (Å²) in [6.45, 7) is 0. The molecule has 1 aliphatic rings. The van der Waals surface area contributed by atoms with E-state index in [2.05, 4.69) is 0 Å². The summed E-state index contributed by atoms with van der Waals surface area (Å²) in [6.07, 6.45) is 2.22. The average Bonchev–Trinajstić information content (AvgIpc) is 3.00. The van der Waals surface area contributed by atoms with Gasteiger partial charge in [-0.25, -0.2) is 4.39 Å². The van der Waals surface area contributed by atoms with E-state index in [1.165, 1.54) is 7.11 Å². The van der Waals surface area contributed by atoms with Crippen molar-refractivity contribution in [1.82, 2.24) is 0 Å². The summed E-state index contributed by atoms with van der Waals surface area (Å²) < 4.78 is 18.6. The van der Waals surface area contributed by atoms with Crippen LogP contribution >= 0.6 is 12.4 Å². The summed E-state index contributed by atoms with van der Waals surface area (Å²) in [7, 11) is 1.46. The quantitative estimate of drug-likeness (QED) is 0.868. The standard InChI is InChI=1S/C11H14FNO.ClH/c1-14-9-4-2-3-8(10(9)12)11(13)7-5-6-7;/h2-4,7,11H,5-6,13H2,1H3;1H. The number of rotatable bonds is 3. The molecule has 15 heavy (non-hydrogen) atoms. The fraction of sp³-hybridized carbons (Fsp3) is 0.455. The third kappa shape index (κ3) is 2.41. The Labute approximate surface area is 95.0 Å². The molecular formula is C11H15ClFNO. The van der Waals surface area contributed by atoms with Crippen LogP contribution in [-0.2, 0) is 0 Å². The van der Waals surface area contributed by atoms with E-state index in [1.807, 2.05) is 0 Å². The van der Waals surface area contributed by atoms with Gasteiger partial charge in [0, 0.05) is 11.6 Å². The smallest absolute Gasteiger partial charge is 0.169 e. The molecule has 1 fully saturated rings. The van der Waals surface area contributed by atoms with Crippen molar-refractivity contribution in [2.75, 3.05) is 7.11 Å². The van der Waals surface area contributed by atoms with Crippen LogP contribution in [0.1, 0.15) is 24.4 Å². The van der Waals surface area contributed by atoms with Gasteiger partial charge in [-0.3, -0.25) is 0 Å². The highest BCUT2D eigenvalue weighted by molar-refractivity contribution is 5.85. The highest BCUT2D eigenvalue weighted by atomic mass is 35.5. The van der Waals surface area contributed by atoms with Gasteiger partial charge in [0.2, 0.25) is 0 Å². The second-order valence-electron chi connectivity index (χ2n) is 3.73. The lowest BCUT2D eigenvalue weighted by Gasteiger charge is -2.13. The molecule has 1 aromatic rings. The molecule has 4 heteroatoms. The highest BCUT2D eigenvalue weighted by Gasteiger charge is 2.31. The molecule has 0 bridgehead atoms. The molecule has 0 spiro atoms. The first kappa shape index (κ1) is 12.3. The first-order chi connectivity index (χ1) is 6.74. The SMILES string of the molecule is COc1cccc(C(N)C2CC2)c1F.Cl. The summed E-state index contributed by atoms with van der Waals surface area (Å²) >= 11 is 0. The van der Waals surface area contributed by atoms with Crippen LogP contribution in [0.15, 0.2) is 18.2 Å². The zero-order chi connectivity index (χ0) is 10.1. The second-order valence-corrected chi connectivity index (χ2v) is 3.73. The minimum absolute atomic E-state index is 0. The second kappa shape index (κ2) is 4.81. The Hall–Kier alpha value is -0.800. The molecular weight excluding hydrogens is 217 g/mol. The van der Waals surface area contributed by atoms with E-state index in [-0.39, 0.29) is 30.0 Å². The Morgan fingerprint density at radius 3 is 2.67 bits per heavy atom. The summed E-state index contributed by atoms with van der Waals surface area (Å²) in [5, 5.41) is 0. The van der Waals surface area contributed by atoms with Crippen molar-refractivity contribution in [3.63, 3.8) is 0 Å². The zero-order valence-corrected chi connectivity index (χ0v) is 9.39. The van der Waals surface area contributed by atoms with Crippen molar-refractivity contribution in [2.24, 2.45) is 11.7 Å². The Kier molecular flexibility index (Phi) is 3.94. The molecule has 1 aliphatic carbocycles. The van der Waals surface area contributed by atoms with Gasteiger partial charge in [0.05, 0.1) is 7.11 Å². The van der Waals surface area contributed by atoms with E-state index in [0.717, 1.165) is 12.8 Å². The number of benzene rings is 1. The van der Waals surface area contributed by atoms with Gasteiger partial charge < -0.3 is 10.5 Å². The van der Waals surface area contributed by atoms with E-state index < -0.39 is 0 Å². The summed E-state index contributed by atoms with van der Waals surface area (Å²) in [5.41, 5.74) is 6.50. The van der Waals surface area contributed by atoms with E-state index in [1.54, 1.807) is 18.2 Å². The molecule has 1 unspecified atom stereocenters. The largest absolute Gasteiger partial charge is 0.494 e. The number of methoxy groups -OCH3 is 1. The monoisotopic (exact) mass is 231 g/mol. The molecule has 2 nitrogen and oxygen atoms in total. The van der Waals surface area contributed by atoms with Gasteiger partial charge in [0.25, 0.3) is 0 Å². The Bertz CT molecular complexity index is 341. The third-order valence-corrected chi connectivity index (χ3v) is 2.70. The van der Waals surface area contributed by atoms with E-state index >= 15 is 0 Å². The van der Waals surface area contributed by atoms with Gasteiger partial charge in [0.1, 0.15) is 0 Å². The van der Waals surface area contributed by atoms with Crippen molar-refractivity contribution >= 4 is 12.4 Å².